The van der Waals surface area contributed by atoms with Gasteiger partial charge in [-0.15, -0.1) is 0 Å². The van der Waals surface area contributed by atoms with E-state index >= 15 is 0 Å². The highest BCUT2D eigenvalue weighted by Gasteiger charge is 2.16. The van der Waals surface area contributed by atoms with E-state index < -0.39 is 0 Å². The van der Waals surface area contributed by atoms with Crippen molar-refractivity contribution >= 4 is 0 Å². The number of hydrogen-bond acceptors (Lipinski definition) is 3. The molecule has 0 bridgehead atoms. The summed E-state index contributed by atoms with van der Waals surface area (Å²) in [4.78, 5) is 0. The van der Waals surface area contributed by atoms with Gasteiger partial charge in [0.05, 0.1) is 14.2 Å². The number of fused-ring (bicyclic) bond motifs is 1. The molecule has 3 nitrogen and oxygen atoms in total. The summed E-state index contributed by atoms with van der Waals surface area (Å²) in [6.45, 7) is 0.646. The summed E-state index contributed by atoms with van der Waals surface area (Å²) in [6.07, 6.45) is 5.96. The average Bonchev–Trinajstić information content (AvgIpc) is 2.65. The van der Waals surface area contributed by atoms with Gasteiger partial charge in [-0.05, 0) is 73.0 Å². The van der Waals surface area contributed by atoms with Gasteiger partial charge in [0, 0.05) is 5.92 Å². The van der Waals surface area contributed by atoms with Crippen LogP contribution in [0.2, 0.25) is 0 Å². The Bertz CT molecular complexity index is 696. The molecule has 128 valence electrons. The lowest BCUT2D eigenvalue weighted by atomic mass is 9.85. The number of aryl methyl sites for hydroxylation is 2. The molecule has 2 N–H and O–H groups in total. The monoisotopic (exact) mass is 325 g/mol. The van der Waals surface area contributed by atoms with Crippen LogP contribution in [0.1, 0.15) is 41.0 Å². The molecule has 1 aliphatic carbocycles. The van der Waals surface area contributed by atoms with Crippen LogP contribution < -0.4 is 15.2 Å². The van der Waals surface area contributed by atoms with Gasteiger partial charge in [0.1, 0.15) is 0 Å². The van der Waals surface area contributed by atoms with E-state index in [9.17, 15) is 0 Å². The minimum atomic E-state index is 0.329. The van der Waals surface area contributed by atoms with Crippen LogP contribution in [0, 0.1) is 0 Å². The first kappa shape index (κ1) is 16.8. The van der Waals surface area contributed by atoms with Gasteiger partial charge in [-0.1, -0.05) is 24.3 Å². The zero-order valence-corrected chi connectivity index (χ0v) is 14.7. The van der Waals surface area contributed by atoms with Gasteiger partial charge in [-0.2, -0.15) is 0 Å². The summed E-state index contributed by atoms with van der Waals surface area (Å²) in [5.74, 6) is 1.87. The Balaban J connectivity index is 1.82. The molecule has 1 atom stereocenters. The second kappa shape index (κ2) is 7.71. The number of benzene rings is 2. The van der Waals surface area contributed by atoms with Crippen molar-refractivity contribution in [2.75, 3.05) is 20.8 Å². The van der Waals surface area contributed by atoms with Crippen LogP contribution in [0.25, 0.3) is 0 Å². The number of hydrogen-bond donors (Lipinski definition) is 1. The zero-order chi connectivity index (χ0) is 16.9. The summed E-state index contributed by atoms with van der Waals surface area (Å²) in [5.41, 5.74) is 11.7. The zero-order valence-electron chi connectivity index (χ0n) is 14.7. The second-order valence-electron chi connectivity index (χ2n) is 6.56. The molecule has 0 heterocycles. The predicted octanol–water partition coefficient (Wildman–Crippen LogP) is 3.87. The van der Waals surface area contributed by atoms with Gasteiger partial charge in [-0.3, -0.25) is 0 Å². The molecule has 3 rings (SSSR count). The normalized spacial score (nSPS) is 14.8. The molecule has 0 aromatic heterocycles. The minimum absolute atomic E-state index is 0.329. The first-order valence-corrected chi connectivity index (χ1v) is 8.77. The van der Waals surface area contributed by atoms with Gasteiger partial charge in [-0.25, -0.2) is 0 Å². The fraction of sp³-hybridized carbons (Fsp3) is 0.429. The second-order valence-corrected chi connectivity index (χ2v) is 6.56. The third kappa shape index (κ3) is 3.57. The first-order valence-electron chi connectivity index (χ1n) is 8.77. The Morgan fingerprint density at radius 1 is 0.917 bits per heavy atom. The van der Waals surface area contributed by atoms with Crippen LogP contribution in [0.15, 0.2) is 36.4 Å². The number of rotatable bonds is 6. The molecular weight excluding hydrogens is 298 g/mol. The Hall–Kier alpha value is -2.00. The van der Waals surface area contributed by atoms with E-state index in [1.807, 2.05) is 6.07 Å². The third-order valence-electron chi connectivity index (χ3n) is 5.06. The standard InChI is InChI=1S/C21H27NO2/c1-23-20-10-7-15(12-21(20)24-2)11-19(14-22)18-9-8-16-5-3-4-6-17(16)13-18/h7-10,12-13,19H,3-6,11,14,22H2,1-2H3. The number of nitrogens with two attached hydrogens (primary N) is 1. The Kier molecular flexibility index (Phi) is 5.41. The quantitative estimate of drug-likeness (QED) is 0.877. The van der Waals surface area contributed by atoms with Crippen LogP contribution in [-0.4, -0.2) is 20.8 Å². The highest BCUT2D eigenvalue weighted by molar-refractivity contribution is 5.44. The van der Waals surface area contributed by atoms with Crippen LogP contribution in [0.5, 0.6) is 11.5 Å². The maximum Gasteiger partial charge on any atom is 0.160 e. The molecule has 2 aromatic rings. The van der Waals surface area contributed by atoms with Gasteiger partial charge in [0.2, 0.25) is 0 Å². The van der Waals surface area contributed by atoms with Gasteiger partial charge >= 0.3 is 0 Å². The molecule has 0 amide bonds. The Morgan fingerprint density at radius 3 is 2.38 bits per heavy atom. The summed E-state index contributed by atoms with van der Waals surface area (Å²) >= 11 is 0. The van der Waals surface area contributed by atoms with Crippen molar-refractivity contribution in [3.8, 4) is 11.5 Å². The molecule has 0 radical (unpaired) electrons. The maximum absolute atomic E-state index is 6.10. The van der Waals surface area contributed by atoms with Crippen molar-refractivity contribution in [3.63, 3.8) is 0 Å². The van der Waals surface area contributed by atoms with Crippen LogP contribution in [0.3, 0.4) is 0 Å². The van der Waals surface area contributed by atoms with E-state index in [-0.39, 0.29) is 0 Å². The van der Waals surface area contributed by atoms with Gasteiger partial charge in [0.25, 0.3) is 0 Å². The van der Waals surface area contributed by atoms with Gasteiger partial charge in [0.15, 0.2) is 11.5 Å². The fourth-order valence-electron chi connectivity index (χ4n) is 3.64. The van der Waals surface area contributed by atoms with E-state index in [1.54, 1.807) is 14.2 Å². The Morgan fingerprint density at radius 2 is 1.67 bits per heavy atom. The average molecular weight is 325 g/mol. The SMILES string of the molecule is COc1ccc(CC(CN)c2ccc3c(c2)CCCC3)cc1OC. The van der Waals surface area contributed by atoms with E-state index in [1.165, 1.54) is 47.9 Å². The molecule has 0 aliphatic heterocycles. The van der Waals surface area contributed by atoms with Crippen LogP contribution in [-0.2, 0) is 19.3 Å². The van der Waals surface area contributed by atoms with Crippen molar-refractivity contribution in [1.29, 1.82) is 0 Å². The lowest BCUT2D eigenvalue weighted by Crippen LogP contribution is -2.16. The minimum Gasteiger partial charge on any atom is -0.493 e. The van der Waals surface area contributed by atoms with Crippen molar-refractivity contribution in [3.05, 3.63) is 58.7 Å². The first-order chi connectivity index (χ1) is 11.7. The molecule has 0 spiro atoms. The Labute approximate surface area is 144 Å². The summed E-state index contributed by atoms with van der Waals surface area (Å²) < 4.78 is 10.7. The highest BCUT2D eigenvalue weighted by Crippen LogP contribution is 2.31. The van der Waals surface area contributed by atoms with E-state index in [0.717, 1.165) is 17.9 Å². The highest BCUT2D eigenvalue weighted by atomic mass is 16.5. The predicted molar refractivity (Wildman–Crippen MR) is 98.1 cm³/mol. The summed E-state index contributed by atoms with van der Waals surface area (Å²) in [6, 6.07) is 13.1. The summed E-state index contributed by atoms with van der Waals surface area (Å²) in [5, 5.41) is 0. The van der Waals surface area contributed by atoms with E-state index in [4.69, 9.17) is 15.2 Å². The van der Waals surface area contributed by atoms with E-state index in [2.05, 4.69) is 30.3 Å². The lowest BCUT2D eigenvalue weighted by Gasteiger charge is -2.21. The van der Waals surface area contributed by atoms with Crippen LogP contribution >= 0.6 is 0 Å². The van der Waals surface area contributed by atoms with Crippen LogP contribution in [0.4, 0.5) is 0 Å². The maximum atomic E-state index is 6.10. The smallest absolute Gasteiger partial charge is 0.160 e. The fourth-order valence-corrected chi connectivity index (χ4v) is 3.64. The number of methoxy groups -OCH3 is 2. The van der Waals surface area contributed by atoms with Crippen molar-refractivity contribution in [2.24, 2.45) is 5.73 Å². The van der Waals surface area contributed by atoms with Gasteiger partial charge < -0.3 is 15.2 Å². The molecule has 0 fully saturated rings. The molecule has 1 aliphatic rings. The topological polar surface area (TPSA) is 44.5 Å². The molecule has 3 heteroatoms. The molecule has 0 saturated heterocycles. The van der Waals surface area contributed by atoms with E-state index in [0.29, 0.717) is 12.5 Å². The molecule has 24 heavy (non-hydrogen) atoms. The number of ether oxygens (including phenoxy) is 2. The molecule has 1 unspecified atom stereocenters. The van der Waals surface area contributed by atoms with Crippen molar-refractivity contribution in [2.45, 2.75) is 38.0 Å². The molecule has 0 saturated carbocycles. The van der Waals surface area contributed by atoms with Crippen molar-refractivity contribution in [1.82, 2.24) is 0 Å². The lowest BCUT2D eigenvalue weighted by molar-refractivity contribution is 0.354. The van der Waals surface area contributed by atoms with Crippen molar-refractivity contribution < 1.29 is 9.47 Å². The molecular formula is C21H27NO2. The largest absolute Gasteiger partial charge is 0.493 e. The third-order valence-corrected chi connectivity index (χ3v) is 5.06. The summed E-state index contributed by atoms with van der Waals surface area (Å²) in [7, 11) is 3.33. The molecule has 2 aromatic carbocycles.